The van der Waals surface area contributed by atoms with Gasteiger partial charge in [-0.25, -0.2) is 9.37 Å². The first-order valence-corrected chi connectivity index (χ1v) is 6.45. The summed E-state index contributed by atoms with van der Waals surface area (Å²) in [6.07, 6.45) is 0. The summed E-state index contributed by atoms with van der Waals surface area (Å²) in [5.41, 5.74) is 0.441. The first-order chi connectivity index (χ1) is 9.60. The average Bonchev–Trinajstić information content (AvgIpc) is 2.41. The lowest BCUT2D eigenvalue weighted by molar-refractivity contribution is 0.102. The maximum Gasteiger partial charge on any atom is 0.275 e. The van der Waals surface area contributed by atoms with Crippen LogP contribution in [-0.2, 0) is 0 Å². The molecular formula is C14H13ClFN3O. The number of carbonyl (C=O) groups excluding carboxylic acids is 1. The van der Waals surface area contributed by atoms with Crippen molar-refractivity contribution in [2.75, 3.05) is 17.2 Å². The third-order valence-electron chi connectivity index (χ3n) is 2.50. The summed E-state index contributed by atoms with van der Waals surface area (Å²) in [5, 5.41) is 5.79. The second-order valence-electron chi connectivity index (χ2n) is 4.02. The molecule has 1 heterocycles. The van der Waals surface area contributed by atoms with Crippen LogP contribution in [0.25, 0.3) is 0 Å². The standard InChI is InChI=1S/C14H13ClFN3O/c1-2-17-12-7-6-11(15)13(19-12)14(20)18-10-5-3-4-9(16)8-10/h3-8H,2H2,1H3,(H,17,19)(H,18,20). The highest BCUT2D eigenvalue weighted by Gasteiger charge is 2.13. The van der Waals surface area contributed by atoms with Gasteiger partial charge in [-0.3, -0.25) is 4.79 Å². The number of nitrogens with zero attached hydrogens (tertiary/aromatic N) is 1. The van der Waals surface area contributed by atoms with E-state index in [0.717, 1.165) is 0 Å². The fourth-order valence-electron chi connectivity index (χ4n) is 1.64. The van der Waals surface area contributed by atoms with Gasteiger partial charge in [0.1, 0.15) is 17.3 Å². The fraction of sp³-hybridized carbons (Fsp3) is 0.143. The van der Waals surface area contributed by atoms with Crippen molar-refractivity contribution >= 4 is 29.0 Å². The number of anilines is 2. The van der Waals surface area contributed by atoms with Gasteiger partial charge in [-0.1, -0.05) is 17.7 Å². The van der Waals surface area contributed by atoms with Crippen molar-refractivity contribution in [2.24, 2.45) is 0 Å². The minimum atomic E-state index is -0.486. The highest BCUT2D eigenvalue weighted by Crippen LogP contribution is 2.18. The van der Waals surface area contributed by atoms with E-state index in [0.29, 0.717) is 18.1 Å². The SMILES string of the molecule is CCNc1ccc(Cl)c(C(=O)Nc2cccc(F)c2)n1. The molecule has 0 fully saturated rings. The number of aromatic nitrogens is 1. The molecule has 0 saturated heterocycles. The van der Waals surface area contributed by atoms with Gasteiger partial charge in [0.2, 0.25) is 0 Å². The molecule has 104 valence electrons. The molecule has 0 radical (unpaired) electrons. The number of amides is 1. The monoisotopic (exact) mass is 293 g/mol. The largest absolute Gasteiger partial charge is 0.370 e. The number of halogens is 2. The van der Waals surface area contributed by atoms with Crippen LogP contribution < -0.4 is 10.6 Å². The number of nitrogens with one attached hydrogen (secondary N) is 2. The Morgan fingerprint density at radius 2 is 2.15 bits per heavy atom. The predicted molar refractivity (Wildman–Crippen MR) is 77.8 cm³/mol. The van der Waals surface area contributed by atoms with Crippen molar-refractivity contribution in [3.63, 3.8) is 0 Å². The molecule has 0 aliphatic heterocycles. The van der Waals surface area contributed by atoms with E-state index < -0.39 is 11.7 Å². The van der Waals surface area contributed by atoms with Crippen LogP contribution in [0.4, 0.5) is 15.9 Å². The van der Waals surface area contributed by atoms with E-state index in [4.69, 9.17) is 11.6 Å². The van der Waals surface area contributed by atoms with Crippen molar-refractivity contribution in [3.05, 3.63) is 52.9 Å². The summed E-state index contributed by atoms with van der Waals surface area (Å²) >= 11 is 5.96. The van der Waals surface area contributed by atoms with E-state index in [-0.39, 0.29) is 10.7 Å². The summed E-state index contributed by atoms with van der Waals surface area (Å²) in [6, 6.07) is 8.89. The lowest BCUT2D eigenvalue weighted by Crippen LogP contribution is -2.15. The first kappa shape index (κ1) is 14.3. The minimum Gasteiger partial charge on any atom is -0.370 e. The Kier molecular flexibility index (Phi) is 4.53. The average molecular weight is 294 g/mol. The molecule has 1 aromatic heterocycles. The molecule has 6 heteroatoms. The molecule has 2 rings (SSSR count). The van der Waals surface area contributed by atoms with Crippen LogP contribution in [0.2, 0.25) is 5.02 Å². The minimum absolute atomic E-state index is 0.0920. The molecular weight excluding hydrogens is 281 g/mol. The Morgan fingerprint density at radius 1 is 1.35 bits per heavy atom. The van der Waals surface area contributed by atoms with Gasteiger partial charge in [-0.05, 0) is 37.3 Å². The molecule has 0 aliphatic rings. The molecule has 0 bridgehead atoms. The van der Waals surface area contributed by atoms with Crippen molar-refractivity contribution in [3.8, 4) is 0 Å². The van der Waals surface area contributed by atoms with Gasteiger partial charge >= 0.3 is 0 Å². The van der Waals surface area contributed by atoms with Crippen LogP contribution in [0.3, 0.4) is 0 Å². The molecule has 1 amide bonds. The Morgan fingerprint density at radius 3 is 2.85 bits per heavy atom. The normalized spacial score (nSPS) is 10.2. The van der Waals surface area contributed by atoms with Gasteiger partial charge in [0.05, 0.1) is 5.02 Å². The van der Waals surface area contributed by atoms with Crippen molar-refractivity contribution in [1.29, 1.82) is 0 Å². The Bertz CT molecular complexity index is 634. The van der Waals surface area contributed by atoms with Crippen LogP contribution in [0.5, 0.6) is 0 Å². The summed E-state index contributed by atoms with van der Waals surface area (Å²) < 4.78 is 13.1. The zero-order valence-electron chi connectivity index (χ0n) is 10.8. The van der Waals surface area contributed by atoms with Gasteiger partial charge in [0.25, 0.3) is 5.91 Å². The van der Waals surface area contributed by atoms with Gasteiger partial charge in [-0.15, -0.1) is 0 Å². The van der Waals surface area contributed by atoms with Crippen LogP contribution in [0, 0.1) is 5.82 Å². The van der Waals surface area contributed by atoms with E-state index >= 15 is 0 Å². The topological polar surface area (TPSA) is 54.0 Å². The molecule has 2 N–H and O–H groups in total. The number of rotatable bonds is 4. The molecule has 1 aromatic carbocycles. The zero-order valence-corrected chi connectivity index (χ0v) is 11.5. The zero-order chi connectivity index (χ0) is 14.5. The van der Waals surface area contributed by atoms with Gasteiger partial charge in [0, 0.05) is 12.2 Å². The highest BCUT2D eigenvalue weighted by molar-refractivity contribution is 6.34. The molecule has 0 spiro atoms. The van der Waals surface area contributed by atoms with E-state index in [1.807, 2.05) is 6.92 Å². The maximum absolute atomic E-state index is 13.1. The molecule has 20 heavy (non-hydrogen) atoms. The van der Waals surface area contributed by atoms with E-state index in [9.17, 15) is 9.18 Å². The second kappa shape index (κ2) is 6.34. The predicted octanol–water partition coefficient (Wildman–Crippen LogP) is 3.56. The molecule has 2 aromatic rings. The van der Waals surface area contributed by atoms with Crippen LogP contribution >= 0.6 is 11.6 Å². The quantitative estimate of drug-likeness (QED) is 0.906. The summed E-state index contributed by atoms with van der Waals surface area (Å²) in [6.45, 7) is 2.60. The number of carbonyl (C=O) groups is 1. The number of pyridine rings is 1. The van der Waals surface area contributed by atoms with Crippen molar-refractivity contribution in [1.82, 2.24) is 4.98 Å². The molecule has 4 nitrogen and oxygen atoms in total. The lowest BCUT2D eigenvalue weighted by atomic mass is 10.2. The second-order valence-corrected chi connectivity index (χ2v) is 4.43. The van der Waals surface area contributed by atoms with Crippen molar-refractivity contribution < 1.29 is 9.18 Å². The van der Waals surface area contributed by atoms with Crippen LogP contribution in [0.1, 0.15) is 17.4 Å². The summed E-state index contributed by atoms with van der Waals surface area (Å²) in [4.78, 5) is 16.2. The van der Waals surface area contributed by atoms with Gasteiger partial charge in [-0.2, -0.15) is 0 Å². The van der Waals surface area contributed by atoms with Gasteiger partial charge in [0.15, 0.2) is 0 Å². The smallest absolute Gasteiger partial charge is 0.275 e. The molecule has 0 saturated carbocycles. The van der Waals surface area contributed by atoms with E-state index in [1.54, 1.807) is 18.2 Å². The summed E-state index contributed by atoms with van der Waals surface area (Å²) in [7, 11) is 0. The number of benzene rings is 1. The van der Waals surface area contributed by atoms with Crippen molar-refractivity contribution in [2.45, 2.75) is 6.92 Å². The number of hydrogen-bond acceptors (Lipinski definition) is 3. The van der Waals surface area contributed by atoms with Crippen LogP contribution in [0.15, 0.2) is 36.4 Å². The highest BCUT2D eigenvalue weighted by atomic mass is 35.5. The third kappa shape index (κ3) is 3.45. The fourth-order valence-corrected chi connectivity index (χ4v) is 1.83. The first-order valence-electron chi connectivity index (χ1n) is 6.07. The molecule has 0 atom stereocenters. The Balaban J connectivity index is 2.22. The Hall–Kier alpha value is -2.14. The molecule has 0 unspecified atom stereocenters. The van der Waals surface area contributed by atoms with E-state index in [2.05, 4.69) is 15.6 Å². The Labute approximate surface area is 121 Å². The van der Waals surface area contributed by atoms with Crippen LogP contribution in [-0.4, -0.2) is 17.4 Å². The van der Waals surface area contributed by atoms with E-state index in [1.165, 1.54) is 18.2 Å². The summed E-state index contributed by atoms with van der Waals surface area (Å²) in [5.74, 6) is -0.357. The lowest BCUT2D eigenvalue weighted by Gasteiger charge is -2.08. The van der Waals surface area contributed by atoms with Gasteiger partial charge < -0.3 is 10.6 Å². The third-order valence-corrected chi connectivity index (χ3v) is 2.81. The maximum atomic E-state index is 13.1. The number of hydrogen-bond donors (Lipinski definition) is 2. The molecule has 0 aliphatic carbocycles.